The average molecular weight is 363 g/mol. The second kappa shape index (κ2) is 9.40. The van der Waals surface area contributed by atoms with Crippen molar-refractivity contribution in [3.05, 3.63) is 29.3 Å². The van der Waals surface area contributed by atoms with E-state index in [9.17, 15) is 4.79 Å². The fraction of sp³-hybridized carbons (Fsp3) is 0.682. The molecule has 0 amide bonds. The lowest BCUT2D eigenvalue weighted by Crippen LogP contribution is -2.27. The van der Waals surface area contributed by atoms with Crippen molar-refractivity contribution < 1.29 is 19.0 Å². The Morgan fingerprint density at radius 2 is 1.77 bits per heavy atom. The molecule has 1 aliphatic heterocycles. The molecule has 0 unspecified atom stereocenters. The lowest BCUT2D eigenvalue weighted by molar-refractivity contribution is -0.153. The first-order chi connectivity index (χ1) is 12.4. The van der Waals surface area contributed by atoms with Gasteiger partial charge in [0.05, 0.1) is 19.6 Å². The Bertz CT molecular complexity index is 578. The molecule has 146 valence electrons. The molecule has 1 aromatic rings. The Balaban J connectivity index is 0.00000117. The predicted octanol–water partition coefficient (Wildman–Crippen LogP) is 5.03. The second-order valence-corrected chi connectivity index (χ2v) is 7.80. The zero-order valence-corrected chi connectivity index (χ0v) is 17.0. The van der Waals surface area contributed by atoms with Crippen LogP contribution in [0.15, 0.2) is 18.2 Å². The van der Waals surface area contributed by atoms with Crippen molar-refractivity contribution in [2.75, 3.05) is 13.2 Å². The van der Waals surface area contributed by atoms with Crippen LogP contribution in [0.1, 0.15) is 77.3 Å². The summed E-state index contributed by atoms with van der Waals surface area (Å²) in [6.07, 6.45) is 4.74. The zero-order chi connectivity index (χ0) is 19.2. The van der Waals surface area contributed by atoms with E-state index >= 15 is 0 Å². The molecule has 0 aromatic heterocycles. The molecule has 3 rings (SSSR count). The lowest BCUT2D eigenvalue weighted by atomic mass is 9.99. The maximum atomic E-state index is 12.2. The van der Waals surface area contributed by atoms with Crippen LogP contribution in [-0.2, 0) is 20.7 Å². The highest BCUT2D eigenvalue weighted by Crippen LogP contribution is 2.46. The average Bonchev–Trinajstić information content (AvgIpc) is 3.41. The fourth-order valence-electron chi connectivity index (χ4n) is 3.19. The first-order valence-corrected chi connectivity index (χ1v) is 10.0. The van der Waals surface area contributed by atoms with Crippen molar-refractivity contribution in [3.8, 4) is 5.75 Å². The Labute approximate surface area is 158 Å². The van der Waals surface area contributed by atoms with E-state index in [4.69, 9.17) is 14.2 Å². The smallest absolute Gasteiger partial charge is 0.310 e. The van der Waals surface area contributed by atoms with Gasteiger partial charge in [-0.3, -0.25) is 4.79 Å². The molecule has 1 aliphatic carbocycles. The van der Waals surface area contributed by atoms with Crippen LogP contribution in [-0.4, -0.2) is 30.9 Å². The van der Waals surface area contributed by atoms with Crippen molar-refractivity contribution in [1.82, 2.24) is 0 Å². The van der Waals surface area contributed by atoms with Gasteiger partial charge in [-0.1, -0.05) is 26.0 Å². The minimum atomic E-state index is -0.451. The molecule has 4 nitrogen and oxygen atoms in total. The van der Waals surface area contributed by atoms with Gasteiger partial charge in [0.1, 0.15) is 17.5 Å². The molecule has 2 fully saturated rings. The van der Waals surface area contributed by atoms with Gasteiger partial charge in [0.25, 0.3) is 0 Å². The largest absolute Gasteiger partial charge is 0.490 e. The SMILES string of the molecule is CC.CC(C)(C)OC(=O)Cc1cccc(OC2CCOCC2)c1C1CC1. The van der Waals surface area contributed by atoms with Crippen LogP contribution >= 0.6 is 0 Å². The first kappa shape index (κ1) is 20.8. The summed E-state index contributed by atoms with van der Waals surface area (Å²) < 4.78 is 17.2. The molecule has 0 spiro atoms. The van der Waals surface area contributed by atoms with Crippen LogP contribution < -0.4 is 4.74 Å². The number of esters is 1. The summed E-state index contributed by atoms with van der Waals surface area (Å²) in [6, 6.07) is 6.07. The summed E-state index contributed by atoms with van der Waals surface area (Å²) in [4.78, 5) is 12.2. The minimum absolute atomic E-state index is 0.174. The summed E-state index contributed by atoms with van der Waals surface area (Å²) in [5.74, 6) is 1.30. The van der Waals surface area contributed by atoms with E-state index in [1.165, 1.54) is 18.4 Å². The summed E-state index contributed by atoms with van der Waals surface area (Å²) in [5.41, 5.74) is 1.82. The molecule has 0 N–H and O–H groups in total. The highest BCUT2D eigenvalue weighted by Gasteiger charge is 2.31. The van der Waals surface area contributed by atoms with Gasteiger partial charge in [-0.05, 0) is 51.2 Å². The summed E-state index contributed by atoms with van der Waals surface area (Å²) in [6.45, 7) is 11.2. The number of rotatable bonds is 5. The Kier molecular flexibility index (Phi) is 7.51. The quantitative estimate of drug-likeness (QED) is 0.689. The van der Waals surface area contributed by atoms with Gasteiger partial charge >= 0.3 is 5.97 Å². The number of hydrogen-bond donors (Lipinski definition) is 0. The molecule has 0 atom stereocenters. The van der Waals surface area contributed by atoms with E-state index in [2.05, 4.69) is 0 Å². The van der Waals surface area contributed by atoms with Crippen molar-refractivity contribution in [3.63, 3.8) is 0 Å². The molecule has 2 aliphatic rings. The summed E-state index contributed by atoms with van der Waals surface area (Å²) >= 11 is 0. The van der Waals surface area contributed by atoms with Crippen LogP contribution in [0.2, 0.25) is 0 Å². The molecule has 1 aromatic carbocycles. The van der Waals surface area contributed by atoms with Crippen LogP contribution in [0.3, 0.4) is 0 Å². The molecule has 0 radical (unpaired) electrons. The van der Waals surface area contributed by atoms with Gasteiger partial charge in [-0.25, -0.2) is 0 Å². The van der Waals surface area contributed by atoms with E-state index in [1.54, 1.807) is 0 Å². The molecule has 0 bridgehead atoms. The van der Waals surface area contributed by atoms with Crippen LogP contribution in [0.25, 0.3) is 0 Å². The third kappa shape index (κ3) is 6.31. The molecular weight excluding hydrogens is 328 g/mol. The standard InChI is InChI=1S/C20H28O4.C2H6/c1-20(2,3)24-18(21)13-15-5-4-6-17(19(15)14-7-8-14)23-16-9-11-22-12-10-16;1-2/h4-6,14,16H,7-13H2,1-3H3;1-2H3. The maximum Gasteiger partial charge on any atom is 0.310 e. The second-order valence-electron chi connectivity index (χ2n) is 7.80. The van der Waals surface area contributed by atoms with E-state index in [1.807, 2.05) is 52.8 Å². The van der Waals surface area contributed by atoms with Crippen LogP contribution in [0, 0.1) is 0 Å². The van der Waals surface area contributed by atoms with E-state index in [0.29, 0.717) is 12.3 Å². The Morgan fingerprint density at radius 1 is 1.12 bits per heavy atom. The molecule has 4 heteroatoms. The van der Waals surface area contributed by atoms with Crippen molar-refractivity contribution in [1.29, 1.82) is 0 Å². The van der Waals surface area contributed by atoms with E-state index in [0.717, 1.165) is 37.4 Å². The fourth-order valence-corrected chi connectivity index (χ4v) is 3.19. The molecule has 26 heavy (non-hydrogen) atoms. The highest BCUT2D eigenvalue weighted by atomic mass is 16.6. The third-order valence-electron chi connectivity index (χ3n) is 4.36. The van der Waals surface area contributed by atoms with Crippen LogP contribution in [0.4, 0.5) is 0 Å². The van der Waals surface area contributed by atoms with Gasteiger partial charge in [0, 0.05) is 18.4 Å². The van der Waals surface area contributed by atoms with E-state index < -0.39 is 5.60 Å². The summed E-state index contributed by atoms with van der Waals surface area (Å²) in [7, 11) is 0. The topological polar surface area (TPSA) is 44.8 Å². The number of hydrogen-bond acceptors (Lipinski definition) is 4. The van der Waals surface area contributed by atoms with E-state index in [-0.39, 0.29) is 12.1 Å². The monoisotopic (exact) mass is 362 g/mol. The number of carbonyl (C=O) groups excluding carboxylic acids is 1. The molecule has 1 saturated heterocycles. The third-order valence-corrected chi connectivity index (χ3v) is 4.36. The van der Waals surface area contributed by atoms with Gasteiger partial charge in [-0.2, -0.15) is 0 Å². The number of benzene rings is 1. The molecule has 1 heterocycles. The minimum Gasteiger partial charge on any atom is -0.490 e. The van der Waals surface area contributed by atoms with Crippen LogP contribution in [0.5, 0.6) is 5.75 Å². The van der Waals surface area contributed by atoms with Gasteiger partial charge in [0.15, 0.2) is 0 Å². The normalized spacial score (nSPS) is 17.9. The first-order valence-electron chi connectivity index (χ1n) is 10.0. The highest BCUT2D eigenvalue weighted by molar-refractivity contribution is 5.74. The molecular formula is C22H34O4. The zero-order valence-electron chi connectivity index (χ0n) is 17.0. The van der Waals surface area contributed by atoms with Gasteiger partial charge in [0.2, 0.25) is 0 Å². The molecule has 1 saturated carbocycles. The summed E-state index contributed by atoms with van der Waals surface area (Å²) in [5, 5.41) is 0. The number of carbonyl (C=O) groups is 1. The number of ether oxygens (including phenoxy) is 3. The van der Waals surface area contributed by atoms with Crippen molar-refractivity contribution >= 4 is 5.97 Å². The predicted molar refractivity (Wildman–Crippen MR) is 104 cm³/mol. The lowest BCUT2D eigenvalue weighted by Gasteiger charge is -2.25. The van der Waals surface area contributed by atoms with Crippen molar-refractivity contribution in [2.45, 2.75) is 84.3 Å². The van der Waals surface area contributed by atoms with Gasteiger partial charge < -0.3 is 14.2 Å². The van der Waals surface area contributed by atoms with Crippen molar-refractivity contribution in [2.24, 2.45) is 0 Å². The Hall–Kier alpha value is -1.55. The Morgan fingerprint density at radius 3 is 2.35 bits per heavy atom. The van der Waals surface area contributed by atoms with Gasteiger partial charge in [-0.15, -0.1) is 0 Å². The maximum absolute atomic E-state index is 12.2.